The molecule has 0 aliphatic carbocycles. The molecular weight excluding hydrogens is 611 g/mol. The summed E-state index contributed by atoms with van der Waals surface area (Å²) in [6.07, 6.45) is 0.675. The average Bonchev–Trinajstić information content (AvgIpc) is 3.46. The van der Waals surface area contributed by atoms with Gasteiger partial charge >= 0.3 is 0 Å². The van der Waals surface area contributed by atoms with Crippen LogP contribution in [-0.2, 0) is 4.74 Å². The molecule has 1 atom stereocenters. The maximum Gasteiger partial charge on any atom is 0.233 e. The second kappa shape index (κ2) is 13.3. The predicted molar refractivity (Wildman–Crippen MR) is 172 cm³/mol. The summed E-state index contributed by atoms with van der Waals surface area (Å²) in [7, 11) is 0. The molecule has 10 nitrogen and oxygen atoms in total. The molecule has 13 heteroatoms. The molecule has 2 aliphatic heterocycles. The van der Waals surface area contributed by atoms with E-state index in [1.807, 2.05) is 65.7 Å². The van der Waals surface area contributed by atoms with Crippen LogP contribution in [0.25, 0.3) is 0 Å². The first-order chi connectivity index (χ1) is 20.9. The Morgan fingerprint density at radius 3 is 2.23 bits per heavy atom. The summed E-state index contributed by atoms with van der Waals surface area (Å²) in [6.45, 7) is 2.90. The van der Waals surface area contributed by atoms with E-state index in [1.54, 1.807) is 6.07 Å². The van der Waals surface area contributed by atoms with Gasteiger partial charge in [-0.05, 0) is 53.6 Å². The van der Waals surface area contributed by atoms with Crippen LogP contribution < -0.4 is 20.5 Å². The van der Waals surface area contributed by atoms with Crippen molar-refractivity contribution in [1.29, 1.82) is 0 Å². The van der Waals surface area contributed by atoms with Crippen molar-refractivity contribution in [1.82, 2.24) is 15.0 Å². The highest BCUT2D eigenvalue weighted by Gasteiger charge is 2.30. The van der Waals surface area contributed by atoms with Crippen LogP contribution in [0.1, 0.15) is 23.6 Å². The smallest absolute Gasteiger partial charge is 0.233 e. The van der Waals surface area contributed by atoms with E-state index in [1.165, 1.54) is 0 Å². The third kappa shape index (κ3) is 7.11. The van der Waals surface area contributed by atoms with Crippen molar-refractivity contribution in [3.05, 3.63) is 92.9 Å². The molecule has 0 bridgehead atoms. The third-order valence-corrected chi connectivity index (χ3v) is 7.75. The molecule has 0 radical (unpaired) electrons. The van der Waals surface area contributed by atoms with Gasteiger partial charge in [0.1, 0.15) is 0 Å². The number of halogens is 3. The molecule has 2 aliphatic rings. The first-order valence-electron chi connectivity index (χ1n) is 13.8. The van der Waals surface area contributed by atoms with Crippen LogP contribution in [0, 0.1) is 0 Å². The van der Waals surface area contributed by atoms with Gasteiger partial charge < -0.3 is 25.4 Å². The number of nitrogens with zero attached hydrogens (tertiary/aromatic N) is 6. The van der Waals surface area contributed by atoms with Crippen LogP contribution in [-0.4, -0.2) is 65.2 Å². The number of anilines is 5. The number of hydrogen-bond donors (Lipinski definition) is 3. The van der Waals surface area contributed by atoms with Gasteiger partial charge in [0.15, 0.2) is 0 Å². The number of rotatable bonds is 9. The van der Waals surface area contributed by atoms with Gasteiger partial charge in [-0.25, -0.2) is 0 Å². The van der Waals surface area contributed by atoms with Crippen molar-refractivity contribution in [3.8, 4) is 0 Å². The third-order valence-electron chi connectivity index (χ3n) is 7.06. The fourth-order valence-corrected chi connectivity index (χ4v) is 5.63. The number of nitrogens with one attached hydrogen (secondary N) is 2. The van der Waals surface area contributed by atoms with Crippen LogP contribution in [0.3, 0.4) is 0 Å². The zero-order valence-electron chi connectivity index (χ0n) is 23.1. The van der Waals surface area contributed by atoms with Crippen molar-refractivity contribution < 1.29 is 9.84 Å². The standard InChI is InChI=1S/C30H29Cl3N8O2/c31-21-5-1-20(2-6-21)27-18-26(39-41(27)25-16-22(32)15-23(33)17-25)19-3-7-24(8-4-19)35-29-36-28(34-9-12-42)37-30(38-29)40-10-13-43-14-11-40/h1-8,15-17,27,42H,9-14,18H2,(H2,34,35,36,37,38). The molecule has 4 aromatic rings. The Hall–Kier alpha value is -3.67. The first kappa shape index (κ1) is 29.4. The van der Waals surface area contributed by atoms with Gasteiger partial charge in [-0.2, -0.15) is 20.1 Å². The van der Waals surface area contributed by atoms with Crippen LogP contribution >= 0.6 is 34.8 Å². The maximum absolute atomic E-state index is 9.26. The van der Waals surface area contributed by atoms with Crippen LogP contribution in [0.5, 0.6) is 0 Å². The molecule has 1 aromatic heterocycles. The van der Waals surface area contributed by atoms with Crippen LogP contribution in [0.4, 0.5) is 29.2 Å². The molecule has 3 aromatic carbocycles. The largest absolute Gasteiger partial charge is 0.395 e. The van der Waals surface area contributed by atoms with Gasteiger partial charge in [0, 0.05) is 46.8 Å². The zero-order chi connectivity index (χ0) is 29.8. The Morgan fingerprint density at radius 1 is 0.837 bits per heavy atom. The summed E-state index contributed by atoms with van der Waals surface area (Å²) in [4.78, 5) is 15.7. The van der Waals surface area contributed by atoms with E-state index >= 15 is 0 Å². The topological polar surface area (TPSA) is 111 Å². The summed E-state index contributed by atoms with van der Waals surface area (Å²) in [5.41, 5.74) is 4.60. The monoisotopic (exact) mass is 638 g/mol. The van der Waals surface area contributed by atoms with Crippen molar-refractivity contribution in [2.75, 3.05) is 60.0 Å². The fraction of sp³-hybridized carbons (Fsp3) is 0.267. The molecule has 1 unspecified atom stereocenters. The number of aliphatic hydroxyl groups is 1. The minimum Gasteiger partial charge on any atom is -0.395 e. The molecule has 3 N–H and O–H groups in total. The van der Waals surface area contributed by atoms with Crippen molar-refractivity contribution in [3.63, 3.8) is 0 Å². The SMILES string of the molecule is OCCNc1nc(Nc2ccc(C3=NN(c4cc(Cl)cc(Cl)c4)C(c4ccc(Cl)cc4)C3)cc2)nc(N2CCOCC2)n1. The summed E-state index contributed by atoms with van der Waals surface area (Å²) in [5.74, 6) is 1.33. The van der Waals surface area contributed by atoms with Crippen LogP contribution in [0.2, 0.25) is 15.1 Å². The average molecular weight is 640 g/mol. The zero-order valence-corrected chi connectivity index (χ0v) is 25.3. The summed E-state index contributed by atoms with van der Waals surface area (Å²) >= 11 is 18.9. The van der Waals surface area contributed by atoms with Gasteiger partial charge in [-0.15, -0.1) is 0 Å². The molecule has 43 heavy (non-hydrogen) atoms. The summed E-state index contributed by atoms with van der Waals surface area (Å²) < 4.78 is 5.47. The first-order valence-corrected chi connectivity index (χ1v) is 15.0. The van der Waals surface area contributed by atoms with E-state index in [-0.39, 0.29) is 12.6 Å². The lowest BCUT2D eigenvalue weighted by molar-refractivity contribution is 0.122. The van der Waals surface area contributed by atoms with Crippen LogP contribution in [0.15, 0.2) is 71.8 Å². The molecule has 1 fully saturated rings. The lowest BCUT2D eigenvalue weighted by Crippen LogP contribution is -2.37. The highest BCUT2D eigenvalue weighted by atomic mass is 35.5. The second-order valence-corrected chi connectivity index (χ2v) is 11.3. The molecule has 222 valence electrons. The number of ether oxygens (including phenoxy) is 1. The Morgan fingerprint density at radius 2 is 1.53 bits per heavy atom. The van der Waals surface area contributed by atoms with Gasteiger partial charge in [0.05, 0.1) is 37.3 Å². The molecule has 6 rings (SSSR count). The Kier molecular flexibility index (Phi) is 9.11. The van der Waals surface area contributed by atoms with E-state index in [0.717, 1.165) is 28.2 Å². The van der Waals surface area contributed by atoms with E-state index < -0.39 is 0 Å². The summed E-state index contributed by atoms with van der Waals surface area (Å²) in [5, 5.41) is 24.3. The van der Waals surface area contributed by atoms with E-state index in [2.05, 4.69) is 30.5 Å². The molecular formula is C30H29Cl3N8O2. The maximum atomic E-state index is 9.26. The fourth-order valence-electron chi connectivity index (χ4n) is 4.99. The van der Waals surface area contributed by atoms with E-state index in [9.17, 15) is 5.11 Å². The molecule has 0 amide bonds. The van der Waals surface area contributed by atoms with E-state index in [4.69, 9.17) is 44.6 Å². The normalized spacial score (nSPS) is 16.7. The van der Waals surface area contributed by atoms with Crippen molar-refractivity contribution in [2.24, 2.45) is 5.10 Å². The highest BCUT2D eigenvalue weighted by molar-refractivity contribution is 6.35. The lowest BCUT2D eigenvalue weighted by Gasteiger charge is -2.27. The number of aromatic nitrogens is 3. The second-order valence-electron chi connectivity index (χ2n) is 10.0. The number of morpholine rings is 1. The minimum absolute atomic E-state index is 0.0344. The number of aliphatic hydroxyl groups excluding tert-OH is 1. The van der Waals surface area contributed by atoms with Gasteiger partial charge in [-0.1, -0.05) is 59.1 Å². The Balaban J connectivity index is 1.25. The lowest BCUT2D eigenvalue weighted by atomic mass is 9.98. The van der Waals surface area contributed by atoms with Crippen molar-refractivity contribution in [2.45, 2.75) is 12.5 Å². The molecule has 1 saturated heterocycles. The number of benzene rings is 3. The van der Waals surface area contributed by atoms with Gasteiger partial charge in [0.25, 0.3) is 0 Å². The Bertz CT molecular complexity index is 1580. The number of hydrazone groups is 1. The molecule has 0 spiro atoms. The highest BCUT2D eigenvalue weighted by Crippen LogP contribution is 2.39. The molecule has 0 saturated carbocycles. The predicted octanol–water partition coefficient (Wildman–Crippen LogP) is 6.17. The minimum atomic E-state index is -0.0618. The summed E-state index contributed by atoms with van der Waals surface area (Å²) in [6, 6.07) is 21.1. The van der Waals surface area contributed by atoms with Gasteiger partial charge in [0.2, 0.25) is 17.8 Å². The van der Waals surface area contributed by atoms with Gasteiger partial charge in [-0.3, -0.25) is 5.01 Å². The van der Waals surface area contributed by atoms with Crippen molar-refractivity contribution >= 4 is 69.7 Å². The Labute approximate surface area is 264 Å². The quantitative estimate of drug-likeness (QED) is 0.198. The van der Waals surface area contributed by atoms with E-state index in [0.29, 0.717) is 72.2 Å². The molecule has 3 heterocycles. The number of hydrogen-bond acceptors (Lipinski definition) is 10.